The molecule has 1 saturated carbocycles. The number of H-pyrrole nitrogens is 1. The van der Waals surface area contributed by atoms with Crippen LogP contribution in [0.3, 0.4) is 0 Å². The molecule has 206 valence electrons. The SMILES string of the molecule is CCCCc1cn(C2C(C(=O)O)CCC2C(C)C)c(=O)n1CC1(c2cccc(-c3nn[nH]n3)c2)C=CNC=C1. The highest BCUT2D eigenvalue weighted by Crippen LogP contribution is 2.44. The molecular formula is C29H37N7O3. The second-order valence-corrected chi connectivity index (χ2v) is 11.1. The fraction of sp³-hybridized carbons (Fsp3) is 0.483. The number of benzene rings is 1. The summed E-state index contributed by atoms with van der Waals surface area (Å²) in [5.41, 5.74) is 2.01. The molecule has 5 rings (SSSR count). The first-order valence-corrected chi connectivity index (χ1v) is 13.8. The number of aromatic nitrogens is 6. The number of unbranched alkanes of at least 4 members (excludes halogenated alkanes) is 1. The third-order valence-corrected chi connectivity index (χ3v) is 8.41. The normalized spacial score (nSPS) is 21.9. The van der Waals surface area contributed by atoms with Gasteiger partial charge in [-0.15, -0.1) is 10.2 Å². The summed E-state index contributed by atoms with van der Waals surface area (Å²) in [6, 6.07) is 7.62. The van der Waals surface area contributed by atoms with Crippen LogP contribution in [0.4, 0.5) is 0 Å². The lowest BCUT2D eigenvalue weighted by atomic mass is 9.78. The van der Waals surface area contributed by atoms with Crippen molar-refractivity contribution < 1.29 is 9.90 Å². The van der Waals surface area contributed by atoms with Crippen LogP contribution in [-0.2, 0) is 23.2 Å². The summed E-state index contributed by atoms with van der Waals surface area (Å²) in [5, 5.41) is 27.6. The summed E-state index contributed by atoms with van der Waals surface area (Å²) >= 11 is 0. The third-order valence-electron chi connectivity index (χ3n) is 8.41. The van der Waals surface area contributed by atoms with Crippen LogP contribution in [0.5, 0.6) is 0 Å². The summed E-state index contributed by atoms with van der Waals surface area (Å²) in [6.07, 6.45) is 14.0. The molecule has 2 aromatic heterocycles. The van der Waals surface area contributed by atoms with Crippen LogP contribution in [0.2, 0.25) is 0 Å². The third kappa shape index (κ3) is 5.07. The number of carbonyl (C=O) groups is 1. The second kappa shape index (κ2) is 11.0. The summed E-state index contributed by atoms with van der Waals surface area (Å²) in [7, 11) is 0. The first kappa shape index (κ1) is 26.6. The van der Waals surface area contributed by atoms with E-state index in [9.17, 15) is 14.7 Å². The standard InChI is InChI=1S/C29H37N7O3/c1-4-5-9-22-17-35(25-23(19(2)3)10-11-24(25)27(37)38)28(39)36(22)18-29(12-14-30-15-13-29)21-8-6-7-20(16-21)26-31-33-34-32-26/h6-8,12-17,19,23-25,30H,4-5,9-11,18H2,1-3H3,(H,37,38)(H,31,32,33,34). The number of rotatable bonds is 10. The van der Waals surface area contributed by atoms with Crippen molar-refractivity contribution in [3.05, 3.63) is 76.8 Å². The molecule has 1 aliphatic carbocycles. The van der Waals surface area contributed by atoms with Gasteiger partial charge in [0.2, 0.25) is 5.82 Å². The molecule has 3 aromatic rings. The first-order valence-electron chi connectivity index (χ1n) is 13.8. The van der Waals surface area contributed by atoms with E-state index in [0.29, 0.717) is 18.8 Å². The molecule has 0 radical (unpaired) electrons. The minimum atomic E-state index is -0.822. The number of carboxylic acids is 1. The predicted molar refractivity (Wildman–Crippen MR) is 148 cm³/mol. The van der Waals surface area contributed by atoms with Crippen LogP contribution in [0.25, 0.3) is 11.4 Å². The van der Waals surface area contributed by atoms with E-state index in [1.54, 1.807) is 4.57 Å². The predicted octanol–water partition coefficient (Wildman–Crippen LogP) is 4.05. The Balaban J connectivity index is 1.61. The number of hydrogen-bond acceptors (Lipinski definition) is 6. The van der Waals surface area contributed by atoms with Gasteiger partial charge in [0.25, 0.3) is 0 Å². The lowest BCUT2D eigenvalue weighted by molar-refractivity contribution is -0.143. The Morgan fingerprint density at radius 2 is 2.03 bits per heavy atom. The molecule has 3 unspecified atom stereocenters. The molecule has 0 spiro atoms. The summed E-state index contributed by atoms with van der Waals surface area (Å²) in [4.78, 5) is 26.5. The van der Waals surface area contributed by atoms with Crippen molar-refractivity contribution in [2.45, 2.75) is 70.9 Å². The number of hydrogen-bond donors (Lipinski definition) is 3. The number of imidazole rings is 1. The monoisotopic (exact) mass is 531 g/mol. The van der Waals surface area contributed by atoms with Gasteiger partial charge in [0.05, 0.1) is 17.4 Å². The zero-order valence-electron chi connectivity index (χ0n) is 22.7. The molecule has 1 aliphatic heterocycles. The number of aliphatic carboxylic acids is 1. The Morgan fingerprint density at radius 3 is 2.69 bits per heavy atom. The van der Waals surface area contributed by atoms with Crippen LogP contribution in [0.15, 0.2) is 59.8 Å². The number of allylic oxidation sites excluding steroid dienone is 2. The van der Waals surface area contributed by atoms with Crippen molar-refractivity contribution in [1.82, 2.24) is 35.1 Å². The number of carboxylic acid groups (broad SMARTS) is 1. The minimum absolute atomic E-state index is 0.137. The number of aromatic amines is 1. The zero-order chi connectivity index (χ0) is 27.6. The molecule has 3 heterocycles. The zero-order valence-corrected chi connectivity index (χ0v) is 22.7. The maximum absolute atomic E-state index is 14.2. The van der Waals surface area contributed by atoms with Gasteiger partial charge in [0.15, 0.2) is 0 Å². The van der Waals surface area contributed by atoms with Crippen molar-refractivity contribution in [3.8, 4) is 11.4 Å². The summed E-state index contributed by atoms with van der Waals surface area (Å²) in [6.45, 7) is 6.77. The van der Waals surface area contributed by atoms with E-state index >= 15 is 0 Å². The Kier molecular flexibility index (Phi) is 7.54. The Morgan fingerprint density at radius 1 is 1.23 bits per heavy atom. The molecule has 10 heteroatoms. The van der Waals surface area contributed by atoms with Gasteiger partial charge < -0.3 is 10.4 Å². The molecule has 0 saturated heterocycles. The van der Waals surface area contributed by atoms with Gasteiger partial charge in [-0.25, -0.2) is 4.79 Å². The van der Waals surface area contributed by atoms with Gasteiger partial charge in [0.1, 0.15) is 0 Å². The summed E-state index contributed by atoms with van der Waals surface area (Å²) in [5.74, 6) is -0.469. The lowest BCUT2D eigenvalue weighted by Crippen LogP contribution is -2.39. The summed E-state index contributed by atoms with van der Waals surface area (Å²) < 4.78 is 3.62. The molecule has 39 heavy (non-hydrogen) atoms. The largest absolute Gasteiger partial charge is 0.481 e. The average Bonchev–Trinajstić information content (AvgIpc) is 3.68. The number of nitrogens with zero attached hydrogens (tertiary/aromatic N) is 5. The van der Waals surface area contributed by atoms with E-state index in [1.807, 2.05) is 47.4 Å². The molecular weight excluding hydrogens is 494 g/mol. The number of nitrogens with one attached hydrogen (secondary N) is 2. The lowest BCUT2D eigenvalue weighted by Gasteiger charge is -2.31. The molecule has 1 fully saturated rings. The number of dihydropyridines is 1. The van der Waals surface area contributed by atoms with E-state index in [0.717, 1.165) is 42.5 Å². The topological polar surface area (TPSA) is 131 Å². The number of aryl methyl sites for hydroxylation is 1. The fourth-order valence-electron chi connectivity index (χ4n) is 6.28. The minimum Gasteiger partial charge on any atom is -0.481 e. The van der Waals surface area contributed by atoms with Gasteiger partial charge in [-0.1, -0.05) is 57.5 Å². The van der Waals surface area contributed by atoms with Crippen molar-refractivity contribution in [1.29, 1.82) is 0 Å². The maximum Gasteiger partial charge on any atom is 0.328 e. The smallest absolute Gasteiger partial charge is 0.328 e. The van der Waals surface area contributed by atoms with Gasteiger partial charge >= 0.3 is 11.7 Å². The molecule has 1 aromatic carbocycles. The van der Waals surface area contributed by atoms with E-state index in [4.69, 9.17) is 0 Å². The van der Waals surface area contributed by atoms with E-state index < -0.39 is 17.3 Å². The van der Waals surface area contributed by atoms with Crippen molar-refractivity contribution in [2.75, 3.05) is 0 Å². The van der Waals surface area contributed by atoms with Crippen LogP contribution in [0.1, 0.15) is 63.8 Å². The van der Waals surface area contributed by atoms with Gasteiger partial charge in [0, 0.05) is 24.0 Å². The van der Waals surface area contributed by atoms with E-state index in [-0.39, 0.29) is 23.6 Å². The maximum atomic E-state index is 14.2. The van der Waals surface area contributed by atoms with E-state index in [1.165, 1.54) is 0 Å². The fourth-order valence-corrected chi connectivity index (χ4v) is 6.28. The van der Waals surface area contributed by atoms with Crippen molar-refractivity contribution >= 4 is 5.97 Å². The second-order valence-electron chi connectivity index (χ2n) is 11.1. The molecule has 0 amide bonds. The molecule has 2 aliphatic rings. The van der Waals surface area contributed by atoms with Gasteiger partial charge in [-0.2, -0.15) is 5.21 Å². The molecule has 3 atom stereocenters. The Hall–Kier alpha value is -3.95. The highest BCUT2D eigenvalue weighted by atomic mass is 16.4. The molecule has 10 nitrogen and oxygen atoms in total. The van der Waals surface area contributed by atoms with Crippen LogP contribution in [-0.4, -0.2) is 40.8 Å². The van der Waals surface area contributed by atoms with Crippen molar-refractivity contribution in [2.24, 2.45) is 17.8 Å². The van der Waals surface area contributed by atoms with Crippen LogP contribution in [0, 0.1) is 17.8 Å². The average molecular weight is 532 g/mol. The van der Waals surface area contributed by atoms with Crippen LogP contribution < -0.4 is 11.0 Å². The van der Waals surface area contributed by atoms with Gasteiger partial charge in [-0.3, -0.25) is 13.9 Å². The molecule has 0 bridgehead atoms. The Labute approximate surface area is 227 Å². The molecule has 3 N–H and O–H groups in total. The highest BCUT2D eigenvalue weighted by Gasteiger charge is 2.44. The van der Waals surface area contributed by atoms with Crippen LogP contribution >= 0.6 is 0 Å². The van der Waals surface area contributed by atoms with Crippen molar-refractivity contribution in [3.63, 3.8) is 0 Å². The quantitative estimate of drug-likeness (QED) is 0.360. The van der Waals surface area contributed by atoms with E-state index in [2.05, 4.69) is 58.9 Å². The highest BCUT2D eigenvalue weighted by molar-refractivity contribution is 5.71. The Bertz CT molecular complexity index is 1400. The number of tetrazole rings is 1. The first-order chi connectivity index (χ1) is 18.8. The van der Waals surface area contributed by atoms with Gasteiger partial charge in [-0.05, 0) is 66.8 Å².